The van der Waals surface area contributed by atoms with Crippen LogP contribution < -0.4 is 4.74 Å². The van der Waals surface area contributed by atoms with Gasteiger partial charge in [-0.1, -0.05) is 33.8 Å². The Labute approximate surface area is 121 Å². The first kappa shape index (κ1) is 14.9. The van der Waals surface area contributed by atoms with Crippen molar-refractivity contribution in [3.05, 3.63) is 29.3 Å². The Kier molecular flexibility index (Phi) is 3.57. The molecule has 1 unspecified atom stereocenters. The van der Waals surface area contributed by atoms with Crippen molar-refractivity contribution in [1.29, 1.82) is 0 Å². The van der Waals surface area contributed by atoms with Crippen LogP contribution in [0.5, 0.6) is 5.75 Å². The number of carboxylic acids is 1. The van der Waals surface area contributed by atoms with Gasteiger partial charge < -0.3 is 9.84 Å². The van der Waals surface area contributed by atoms with Crippen LogP contribution in [0.2, 0.25) is 0 Å². The summed E-state index contributed by atoms with van der Waals surface area (Å²) in [7, 11) is 1.68. The van der Waals surface area contributed by atoms with E-state index in [1.54, 1.807) is 7.11 Å². The third kappa shape index (κ3) is 2.41. The second-order valence-electron chi connectivity index (χ2n) is 7.02. The average molecular weight is 276 g/mol. The molecule has 1 aromatic rings. The maximum atomic E-state index is 11.2. The van der Waals surface area contributed by atoms with Gasteiger partial charge >= 0.3 is 5.97 Å². The lowest BCUT2D eigenvalue weighted by Gasteiger charge is -2.47. The highest BCUT2D eigenvalue weighted by molar-refractivity contribution is 5.67. The number of rotatable bonds is 3. The molecule has 1 atom stereocenters. The number of hydrogen-bond donors (Lipinski definition) is 1. The summed E-state index contributed by atoms with van der Waals surface area (Å²) in [6.45, 7) is 8.69. The van der Waals surface area contributed by atoms with Crippen molar-refractivity contribution in [2.24, 2.45) is 5.92 Å². The summed E-state index contributed by atoms with van der Waals surface area (Å²) in [5, 5.41) is 9.18. The molecule has 0 bridgehead atoms. The number of ether oxygens (including phenoxy) is 1. The minimum atomic E-state index is -0.712. The maximum Gasteiger partial charge on any atom is 0.303 e. The monoisotopic (exact) mass is 276 g/mol. The third-order valence-corrected chi connectivity index (χ3v) is 4.85. The van der Waals surface area contributed by atoms with Crippen LogP contribution >= 0.6 is 0 Å². The summed E-state index contributed by atoms with van der Waals surface area (Å²) in [5.41, 5.74) is 2.37. The molecule has 1 aliphatic rings. The van der Waals surface area contributed by atoms with Gasteiger partial charge in [0.15, 0.2) is 0 Å². The van der Waals surface area contributed by atoms with Crippen molar-refractivity contribution >= 4 is 5.97 Å². The van der Waals surface area contributed by atoms with E-state index in [2.05, 4.69) is 39.8 Å². The standard InChI is InChI=1S/C17H24O3/c1-16(2)10-11(8-15(18)19)17(3,4)13-7-6-12(20-5)9-14(13)16/h6-7,9,11H,8,10H2,1-5H3,(H,18,19). The van der Waals surface area contributed by atoms with Gasteiger partial charge in [0.25, 0.3) is 0 Å². The molecule has 20 heavy (non-hydrogen) atoms. The van der Waals surface area contributed by atoms with Crippen LogP contribution in [0.3, 0.4) is 0 Å². The lowest BCUT2D eigenvalue weighted by molar-refractivity contribution is -0.139. The quantitative estimate of drug-likeness (QED) is 0.914. The van der Waals surface area contributed by atoms with Gasteiger partial charge in [0, 0.05) is 6.42 Å². The highest BCUT2D eigenvalue weighted by Gasteiger charge is 2.44. The predicted octanol–water partition coefficient (Wildman–Crippen LogP) is 3.75. The molecule has 2 rings (SSSR count). The van der Waals surface area contributed by atoms with E-state index in [0.717, 1.165) is 12.2 Å². The molecule has 1 aromatic carbocycles. The van der Waals surface area contributed by atoms with E-state index in [0.29, 0.717) is 0 Å². The number of fused-ring (bicyclic) bond motifs is 1. The van der Waals surface area contributed by atoms with Crippen LogP contribution in [-0.2, 0) is 15.6 Å². The van der Waals surface area contributed by atoms with E-state index in [4.69, 9.17) is 4.74 Å². The Morgan fingerprint density at radius 2 is 1.95 bits per heavy atom. The number of aliphatic carboxylic acids is 1. The number of hydrogen-bond acceptors (Lipinski definition) is 2. The SMILES string of the molecule is COc1ccc2c(c1)C(C)(C)CC(CC(=O)O)C2(C)C. The van der Waals surface area contributed by atoms with Crippen molar-refractivity contribution < 1.29 is 14.6 Å². The summed E-state index contributed by atoms with van der Waals surface area (Å²) in [5.74, 6) is 0.302. The molecule has 0 aromatic heterocycles. The van der Waals surface area contributed by atoms with Crippen molar-refractivity contribution in [1.82, 2.24) is 0 Å². The fraction of sp³-hybridized carbons (Fsp3) is 0.588. The first-order chi connectivity index (χ1) is 9.18. The van der Waals surface area contributed by atoms with Crippen molar-refractivity contribution in [3.63, 3.8) is 0 Å². The van der Waals surface area contributed by atoms with Crippen molar-refractivity contribution in [2.75, 3.05) is 7.11 Å². The second kappa shape index (κ2) is 4.80. The average Bonchev–Trinajstić information content (AvgIpc) is 2.35. The molecule has 0 radical (unpaired) electrons. The Bertz CT molecular complexity index is 529. The van der Waals surface area contributed by atoms with Crippen LogP contribution in [0.25, 0.3) is 0 Å². The molecule has 3 nitrogen and oxygen atoms in total. The number of methoxy groups -OCH3 is 1. The van der Waals surface area contributed by atoms with Crippen LogP contribution in [0.4, 0.5) is 0 Å². The largest absolute Gasteiger partial charge is 0.497 e. The van der Waals surface area contributed by atoms with Crippen LogP contribution in [0, 0.1) is 5.92 Å². The number of benzene rings is 1. The highest BCUT2D eigenvalue weighted by Crippen LogP contribution is 2.51. The molecule has 0 spiro atoms. The summed E-state index contributed by atoms with van der Waals surface area (Å²) >= 11 is 0. The van der Waals surface area contributed by atoms with Gasteiger partial charge in [-0.2, -0.15) is 0 Å². The Balaban J connectivity index is 2.54. The second-order valence-corrected chi connectivity index (χ2v) is 7.02. The first-order valence-corrected chi connectivity index (χ1v) is 7.09. The van der Waals surface area contributed by atoms with E-state index in [1.807, 2.05) is 6.07 Å². The summed E-state index contributed by atoms with van der Waals surface area (Å²) in [4.78, 5) is 11.2. The van der Waals surface area contributed by atoms with Crippen molar-refractivity contribution in [3.8, 4) is 5.75 Å². The first-order valence-electron chi connectivity index (χ1n) is 7.09. The minimum absolute atomic E-state index is 0.0283. The van der Waals surface area contributed by atoms with E-state index < -0.39 is 5.97 Å². The molecule has 0 heterocycles. The predicted molar refractivity (Wildman–Crippen MR) is 79.4 cm³/mol. The van der Waals surface area contributed by atoms with Gasteiger partial charge in [-0.3, -0.25) is 4.79 Å². The third-order valence-electron chi connectivity index (χ3n) is 4.85. The molecule has 1 aliphatic carbocycles. The maximum absolute atomic E-state index is 11.2. The molecule has 0 saturated heterocycles. The van der Waals surface area contributed by atoms with Gasteiger partial charge in [0.2, 0.25) is 0 Å². The van der Waals surface area contributed by atoms with Crippen LogP contribution in [0.1, 0.15) is 51.7 Å². The Morgan fingerprint density at radius 3 is 2.50 bits per heavy atom. The zero-order valence-corrected chi connectivity index (χ0v) is 13.0. The molecule has 0 aliphatic heterocycles. The Morgan fingerprint density at radius 1 is 1.30 bits per heavy atom. The molecule has 1 N–H and O–H groups in total. The molecule has 0 amide bonds. The zero-order chi connectivity index (χ0) is 15.1. The van der Waals surface area contributed by atoms with Gasteiger partial charge in [-0.25, -0.2) is 0 Å². The molecule has 3 heteroatoms. The molecule has 0 fully saturated rings. The topological polar surface area (TPSA) is 46.5 Å². The van der Waals surface area contributed by atoms with Gasteiger partial charge in [0.1, 0.15) is 5.75 Å². The van der Waals surface area contributed by atoms with Gasteiger partial charge in [-0.05, 0) is 46.4 Å². The van der Waals surface area contributed by atoms with Gasteiger partial charge in [-0.15, -0.1) is 0 Å². The fourth-order valence-electron chi connectivity index (χ4n) is 3.51. The summed E-state index contributed by atoms with van der Waals surface area (Å²) < 4.78 is 5.34. The molecule has 0 saturated carbocycles. The molecular weight excluding hydrogens is 252 g/mol. The number of carbonyl (C=O) groups is 1. The number of carboxylic acid groups (broad SMARTS) is 1. The molecule has 110 valence electrons. The van der Waals surface area contributed by atoms with E-state index in [1.165, 1.54) is 11.1 Å². The van der Waals surface area contributed by atoms with E-state index in [-0.39, 0.29) is 23.2 Å². The van der Waals surface area contributed by atoms with Crippen molar-refractivity contribution in [2.45, 2.75) is 51.4 Å². The minimum Gasteiger partial charge on any atom is -0.497 e. The molecular formula is C17H24O3. The smallest absolute Gasteiger partial charge is 0.303 e. The van der Waals surface area contributed by atoms with Crippen LogP contribution in [-0.4, -0.2) is 18.2 Å². The van der Waals surface area contributed by atoms with Gasteiger partial charge in [0.05, 0.1) is 7.11 Å². The zero-order valence-electron chi connectivity index (χ0n) is 13.0. The lowest BCUT2D eigenvalue weighted by atomic mass is 9.57. The fourth-order valence-corrected chi connectivity index (χ4v) is 3.51. The summed E-state index contributed by atoms with van der Waals surface area (Å²) in [6.07, 6.45) is 1.11. The van der Waals surface area contributed by atoms with E-state index in [9.17, 15) is 9.90 Å². The van der Waals surface area contributed by atoms with Crippen LogP contribution in [0.15, 0.2) is 18.2 Å². The van der Waals surface area contributed by atoms with E-state index >= 15 is 0 Å². The summed E-state index contributed by atoms with van der Waals surface area (Å²) in [6, 6.07) is 6.18. The normalized spacial score (nSPS) is 22.9. The highest BCUT2D eigenvalue weighted by atomic mass is 16.5. The Hall–Kier alpha value is -1.51. The lowest BCUT2D eigenvalue weighted by Crippen LogP contribution is -2.42.